The van der Waals surface area contributed by atoms with Gasteiger partial charge >= 0.3 is 0 Å². The van der Waals surface area contributed by atoms with Gasteiger partial charge in [0.2, 0.25) is 10.0 Å². The Bertz CT molecular complexity index is 3380. The number of sulfonamides is 1. The van der Waals surface area contributed by atoms with E-state index in [1.807, 2.05) is 5.57 Å². The van der Waals surface area contributed by atoms with Crippen LogP contribution in [0.1, 0.15) is 168 Å². The summed E-state index contributed by atoms with van der Waals surface area (Å²) in [6, 6.07) is 0.494. The van der Waals surface area contributed by atoms with E-state index in [-0.39, 0.29) is 34.7 Å². The molecule has 14 rings (SSSR count). The summed E-state index contributed by atoms with van der Waals surface area (Å²) in [6.45, 7) is 21.0. The zero-order chi connectivity index (χ0) is 59.5. The predicted molar refractivity (Wildman–Crippen MR) is 320 cm³/mol. The van der Waals surface area contributed by atoms with E-state index >= 15 is 0 Å². The first kappa shape index (κ1) is 60.8. The lowest BCUT2D eigenvalue weighted by atomic mass is 9.52. The standard InChI is InChI=1S/C31H47N3O5S2.C29H43N3O.C2H6O5S2/c1-18-11-28-29(33(16-18)40(5,35)36)20(3)31(39-28)10-9-23-24-8-7-22-12-27-21(17-34(32-27)41(6,37)38)15-30(22,4)26(24)13-25(23)19(2)14-31;1-16-9-26-27(30-14-16)18(3)29(33-26)8-7-21-22-6-5-20-10-25-19(15-31-32-25)13-28(20,4)24(22)11-23(21)17(2)12-29;1-8(3,4)7-9(2,5)6/h17-18,20,22-24,26,28-29H,7-16H2,1-6H3;15-16,18,20-22,24,26-27,30H,5-14H2,1-4H3,(H,31,32);1-2H3/t18-,20+,22+,23-,24-,26-,28+,29-,30-,31-;16-,18+,20+,21-,22-,24-,26+,27-,28-,29-;/m00./s1. The van der Waals surface area contributed by atoms with Gasteiger partial charge in [-0.2, -0.15) is 35.4 Å². The quantitative estimate of drug-likeness (QED) is 0.273. The van der Waals surface area contributed by atoms with E-state index in [9.17, 15) is 33.7 Å². The van der Waals surface area contributed by atoms with Gasteiger partial charge in [-0.3, -0.25) is 5.10 Å². The molecular formula is C62H96N6O11S4. The number of rotatable bonds is 4. The fourth-order valence-electron chi connectivity index (χ4n) is 21.1. The summed E-state index contributed by atoms with van der Waals surface area (Å²) in [4.78, 5) is 0. The summed E-state index contributed by atoms with van der Waals surface area (Å²) in [6.07, 6.45) is 29.2. The van der Waals surface area contributed by atoms with E-state index in [2.05, 4.69) is 85.8 Å². The van der Waals surface area contributed by atoms with Crippen LogP contribution in [0.5, 0.6) is 0 Å². The second kappa shape index (κ2) is 21.1. The van der Waals surface area contributed by atoms with Gasteiger partial charge in [0.25, 0.3) is 30.3 Å². The number of hydrogen-bond donors (Lipinski definition) is 2. The van der Waals surface area contributed by atoms with Crippen LogP contribution in [0.3, 0.4) is 0 Å². The number of allylic oxidation sites excluding steroid dienone is 2. The van der Waals surface area contributed by atoms with Crippen molar-refractivity contribution in [1.29, 1.82) is 0 Å². The van der Waals surface area contributed by atoms with Crippen molar-refractivity contribution >= 4 is 40.3 Å². The van der Waals surface area contributed by atoms with Gasteiger partial charge in [-0.1, -0.05) is 63.8 Å². The molecule has 6 heterocycles. The molecule has 12 aliphatic rings. The fourth-order valence-corrected chi connectivity index (χ4v) is 24.7. The first-order valence-corrected chi connectivity index (χ1v) is 38.8. The van der Waals surface area contributed by atoms with Gasteiger partial charge < -0.3 is 14.8 Å². The van der Waals surface area contributed by atoms with Crippen LogP contribution in [0.15, 0.2) is 34.7 Å². The zero-order valence-corrected chi connectivity index (χ0v) is 54.7. The van der Waals surface area contributed by atoms with Crippen molar-refractivity contribution in [2.24, 2.45) is 81.8 Å². The summed E-state index contributed by atoms with van der Waals surface area (Å²) >= 11 is 0. The topological polar surface area (TPSA) is 226 Å². The highest BCUT2D eigenvalue weighted by atomic mass is 32.3. The van der Waals surface area contributed by atoms with Gasteiger partial charge in [0.1, 0.15) is 0 Å². The molecule has 20 atom stereocenters. The Balaban J connectivity index is 0.000000145. The van der Waals surface area contributed by atoms with Gasteiger partial charge in [0.05, 0.1) is 66.4 Å². The van der Waals surface area contributed by atoms with Crippen LogP contribution < -0.4 is 5.32 Å². The number of aromatic nitrogens is 4. The SMILES string of the molecule is CC1=C2C[C@H]3[C@@H](CC[C@@H]4Cc5[nH]ncc5C[C@@]43C)[C@@H]2CC[C@@]2(C1)O[C@@H]1C[C@H](C)CN[C@H]1[C@H]2C.CC1=C2C[C@H]3[C@@H](CC[C@@H]4Cc5nn(S(C)(=O)=O)cc5C[C@@]43C)[C@@H]2CC[C@@]2(C1)O[C@@H]1C[C@H](C)CN(S(C)(=O)=O)[C@H]1[C@H]2C.CS(=O)(=O)OS(C)(=O)=O. The first-order chi connectivity index (χ1) is 38.7. The zero-order valence-electron chi connectivity index (χ0n) is 51.4. The molecule has 2 N–H and O–H groups in total. The second-order valence-electron chi connectivity index (χ2n) is 30.1. The lowest BCUT2D eigenvalue weighted by Crippen LogP contribution is -2.53. The number of fused-ring (bicyclic) bond motifs is 14. The third kappa shape index (κ3) is 10.8. The fraction of sp³-hybridized carbons (Fsp3) is 0.839. The molecule has 0 unspecified atom stereocenters. The number of nitrogens with one attached hydrogen (secondary N) is 2. The first-order valence-electron chi connectivity index (χ1n) is 31.5. The molecule has 8 fully saturated rings. The molecule has 0 bridgehead atoms. The molecule has 17 nitrogen and oxygen atoms in total. The molecule has 83 heavy (non-hydrogen) atoms. The Morgan fingerprint density at radius 2 is 1.18 bits per heavy atom. The van der Waals surface area contributed by atoms with Crippen molar-refractivity contribution in [2.45, 2.75) is 206 Å². The van der Waals surface area contributed by atoms with Gasteiger partial charge in [0.15, 0.2) is 0 Å². The Labute approximate surface area is 496 Å². The minimum atomic E-state index is -3.87. The van der Waals surface area contributed by atoms with Crippen molar-refractivity contribution in [3.05, 3.63) is 57.2 Å². The van der Waals surface area contributed by atoms with E-state index in [4.69, 9.17) is 9.47 Å². The predicted octanol–water partition coefficient (Wildman–Crippen LogP) is 8.77. The van der Waals surface area contributed by atoms with Crippen LogP contribution in [-0.4, -0.2) is 131 Å². The summed E-state index contributed by atoms with van der Waals surface area (Å²) in [7, 11) is -14.4. The summed E-state index contributed by atoms with van der Waals surface area (Å²) in [5.74, 6) is 7.56. The maximum Gasteiger partial charge on any atom is 0.278 e. The minimum Gasteiger partial charge on any atom is -0.369 e. The van der Waals surface area contributed by atoms with Gasteiger partial charge in [-0.25, -0.2) is 16.8 Å². The third-order valence-corrected chi connectivity index (χ3v) is 28.9. The van der Waals surface area contributed by atoms with Crippen LogP contribution in [0.25, 0.3) is 0 Å². The number of hydrogen-bond acceptors (Lipinski definition) is 14. The van der Waals surface area contributed by atoms with Crippen molar-refractivity contribution in [1.82, 2.24) is 29.0 Å². The van der Waals surface area contributed by atoms with Gasteiger partial charge in [-0.05, 0) is 217 Å². The van der Waals surface area contributed by atoms with Crippen LogP contribution in [-0.2, 0) is 79.1 Å². The molecule has 0 amide bonds. The molecule has 8 aliphatic carbocycles. The minimum absolute atomic E-state index is 0.0226. The van der Waals surface area contributed by atoms with Gasteiger partial charge in [0, 0.05) is 36.3 Å². The molecule has 0 aromatic carbocycles. The highest BCUT2D eigenvalue weighted by Crippen LogP contribution is 2.67. The third-order valence-electron chi connectivity index (χ3n) is 24.9. The van der Waals surface area contributed by atoms with Crippen LogP contribution in [0.2, 0.25) is 0 Å². The number of ether oxygens (including phenoxy) is 2. The Morgan fingerprint density at radius 1 is 0.639 bits per heavy atom. The lowest BCUT2D eigenvalue weighted by molar-refractivity contribution is -0.0763. The molecule has 4 saturated carbocycles. The van der Waals surface area contributed by atoms with E-state index in [1.165, 1.54) is 104 Å². The maximum atomic E-state index is 12.8. The molecule has 21 heteroatoms. The van der Waals surface area contributed by atoms with E-state index in [0.29, 0.717) is 72.1 Å². The summed E-state index contributed by atoms with van der Waals surface area (Å²) in [5.41, 5.74) is 12.1. The molecule has 2 aromatic rings. The number of piperidine rings is 2. The Hall–Kier alpha value is -2.50. The van der Waals surface area contributed by atoms with Gasteiger partial charge in [-0.15, -0.1) is 3.63 Å². The van der Waals surface area contributed by atoms with Crippen molar-refractivity contribution in [2.75, 3.05) is 38.1 Å². The van der Waals surface area contributed by atoms with Crippen LogP contribution in [0.4, 0.5) is 0 Å². The maximum absolute atomic E-state index is 12.8. The normalized spacial score (nSPS) is 43.8. The monoisotopic (exact) mass is 1230 g/mol. The largest absolute Gasteiger partial charge is 0.369 e. The Kier molecular flexibility index (Phi) is 15.4. The molecule has 464 valence electrons. The lowest BCUT2D eigenvalue weighted by Gasteiger charge is -2.52. The summed E-state index contributed by atoms with van der Waals surface area (Å²) < 4.78 is 111. The highest BCUT2D eigenvalue weighted by molar-refractivity contribution is 7.99. The second-order valence-corrected chi connectivity index (χ2v) is 37.2. The van der Waals surface area contributed by atoms with Crippen LogP contribution >= 0.6 is 0 Å². The molecule has 0 radical (unpaired) electrons. The number of nitrogens with zero attached hydrogens (tertiary/aromatic N) is 4. The van der Waals surface area contributed by atoms with Crippen molar-refractivity contribution in [3.8, 4) is 0 Å². The van der Waals surface area contributed by atoms with E-state index in [1.54, 1.807) is 21.6 Å². The summed E-state index contributed by atoms with van der Waals surface area (Å²) in [5, 5.41) is 16.1. The molecule has 4 saturated heterocycles. The number of H-pyrrole nitrogens is 1. The number of aromatic amines is 1. The van der Waals surface area contributed by atoms with E-state index in [0.717, 1.165) is 92.3 Å². The van der Waals surface area contributed by atoms with Crippen molar-refractivity contribution in [3.63, 3.8) is 0 Å². The molecule has 2 aromatic heterocycles. The van der Waals surface area contributed by atoms with Crippen molar-refractivity contribution < 1.29 is 46.8 Å². The molecule has 2 spiro atoms. The smallest absolute Gasteiger partial charge is 0.278 e. The van der Waals surface area contributed by atoms with Crippen LogP contribution in [0, 0.1) is 81.8 Å². The highest BCUT2D eigenvalue weighted by Gasteiger charge is 2.63. The average molecular weight is 1230 g/mol. The molecule has 4 aliphatic heterocycles. The molecular weight excluding hydrogens is 1130 g/mol. The average Bonchev–Trinajstić information content (AvgIpc) is 1.70. The Morgan fingerprint density at radius 3 is 1.73 bits per heavy atom. The van der Waals surface area contributed by atoms with E-state index < -0.39 is 40.3 Å².